The molecular formula is C2H6IPSU. The number of hydrogen-bond acceptors (Lipinski definition) is 1. The summed E-state index contributed by atoms with van der Waals surface area (Å²) in [7, 11) is 4.89. The quantitative estimate of drug-likeness (QED) is 0.232. The van der Waals surface area contributed by atoms with Crippen LogP contribution in [0.3, 0.4) is 0 Å². The summed E-state index contributed by atoms with van der Waals surface area (Å²) in [5.74, 6) is 0. The molecule has 0 bridgehead atoms. The van der Waals surface area contributed by atoms with Gasteiger partial charge in [-0.3, -0.25) is 29.8 Å². The van der Waals surface area contributed by atoms with E-state index in [1.54, 1.807) is 21.2 Å². The van der Waals surface area contributed by atoms with Crippen LogP contribution in [0.4, 0.5) is 0 Å². The van der Waals surface area contributed by atoms with Gasteiger partial charge in [0, 0.05) is 0 Å². The minimum atomic E-state index is 0. The van der Waals surface area contributed by atoms with Crippen molar-refractivity contribution in [3.8, 4) is 0 Å². The van der Waals surface area contributed by atoms with Crippen LogP contribution in [-0.4, -0.2) is 6.66 Å². The van der Waals surface area contributed by atoms with Crippen molar-refractivity contribution < 1.29 is 31.1 Å². The molecule has 0 radical (unpaired) electrons. The van der Waals surface area contributed by atoms with Gasteiger partial charge < -0.3 is 16.5 Å². The Morgan fingerprint density at radius 1 is 1.67 bits per heavy atom. The largest absolute Gasteiger partial charge is 2.00 e. The maximum atomic E-state index is 4.05. The predicted octanol–water partition coefficient (Wildman–Crippen LogP) is 1.97. The summed E-state index contributed by atoms with van der Waals surface area (Å²) in [6, 6.07) is 0. The van der Waals surface area contributed by atoms with E-state index in [2.05, 4.69) is 16.5 Å². The van der Waals surface area contributed by atoms with E-state index < -0.39 is 0 Å². The first-order valence-corrected chi connectivity index (χ1v) is 5.67. The molecule has 0 aliphatic heterocycles. The number of hydrogen-bond donors (Lipinski definition) is 0. The monoisotopic (exact) mass is 458 g/mol. The molecule has 0 rings (SSSR count). The SMILES string of the molecule is [CH2-]PC.[S-]I.[U+2]. The van der Waals surface area contributed by atoms with Crippen LogP contribution in [0.5, 0.6) is 0 Å². The van der Waals surface area contributed by atoms with E-state index in [1.165, 1.54) is 0 Å². The summed E-state index contributed by atoms with van der Waals surface area (Å²) in [6.07, 6.45) is 0. The molecule has 4 heteroatoms. The summed E-state index contributed by atoms with van der Waals surface area (Å²) in [5, 5.41) is 0. The smallest absolute Gasteiger partial charge is 0.713 e. The van der Waals surface area contributed by atoms with Gasteiger partial charge in [-0.25, -0.2) is 0 Å². The molecule has 0 aromatic heterocycles. The van der Waals surface area contributed by atoms with Crippen LogP contribution in [0.2, 0.25) is 0 Å². The van der Waals surface area contributed by atoms with Crippen LogP contribution in [0.15, 0.2) is 0 Å². The molecule has 0 N–H and O–H groups in total. The van der Waals surface area contributed by atoms with E-state index in [1.807, 2.05) is 6.66 Å². The van der Waals surface area contributed by atoms with Gasteiger partial charge in [0.15, 0.2) is 0 Å². The van der Waals surface area contributed by atoms with Crippen molar-refractivity contribution in [1.82, 2.24) is 0 Å². The van der Waals surface area contributed by atoms with Gasteiger partial charge in [-0.05, 0) is 0 Å². The molecule has 1 unspecified atom stereocenters. The Balaban J connectivity index is -0.0000000275. The molecule has 0 aromatic rings. The van der Waals surface area contributed by atoms with E-state index in [0.717, 1.165) is 8.58 Å². The third-order valence-electron chi connectivity index (χ3n) is 0. The van der Waals surface area contributed by atoms with Gasteiger partial charge in [-0.15, -0.1) is 0 Å². The van der Waals surface area contributed by atoms with E-state index in [-0.39, 0.29) is 31.1 Å². The molecule has 1 atom stereocenters. The fourth-order valence-electron chi connectivity index (χ4n) is 0. The fraction of sp³-hybridized carbons (Fsp3) is 0.500. The normalized spacial score (nSPS) is 6.00. The summed E-state index contributed by atoms with van der Waals surface area (Å²) >= 11 is 1.73. The minimum absolute atomic E-state index is 0. The van der Waals surface area contributed by atoms with Crippen molar-refractivity contribution in [2.45, 2.75) is 0 Å². The zero-order valence-corrected chi connectivity index (χ0v) is 11.6. The maximum Gasteiger partial charge on any atom is 2.00 e. The fourth-order valence-corrected chi connectivity index (χ4v) is 0. The average molecular weight is 458 g/mol. The Bertz CT molecular complexity index is 13.5. The van der Waals surface area contributed by atoms with E-state index in [4.69, 9.17) is 0 Å². The molecule has 0 aliphatic rings. The van der Waals surface area contributed by atoms with Gasteiger partial charge in [-0.2, -0.15) is 0 Å². The predicted molar refractivity (Wildman–Crippen MR) is 41.0 cm³/mol. The first kappa shape index (κ1) is 15.8. The van der Waals surface area contributed by atoms with Crippen molar-refractivity contribution in [2.75, 3.05) is 6.66 Å². The Labute approximate surface area is 82.8 Å². The molecule has 0 aliphatic carbocycles. The van der Waals surface area contributed by atoms with Gasteiger partial charge in [0.25, 0.3) is 0 Å². The molecule has 0 saturated heterocycles. The Hall–Kier alpha value is 2.56. The molecule has 0 saturated carbocycles. The third-order valence-corrected chi connectivity index (χ3v) is 0. The number of rotatable bonds is 0. The van der Waals surface area contributed by atoms with Crippen LogP contribution >= 0.6 is 29.8 Å². The molecule has 0 amide bonds. The summed E-state index contributed by atoms with van der Waals surface area (Å²) in [4.78, 5) is 0. The molecule has 6 heavy (non-hydrogen) atoms. The molecule has 0 spiro atoms. The van der Waals surface area contributed by atoms with Crippen LogP contribution in [-0.2, 0) is 9.80 Å². The van der Waals surface area contributed by atoms with Crippen molar-refractivity contribution >= 4 is 39.6 Å². The second kappa shape index (κ2) is 25.7. The summed E-state index contributed by atoms with van der Waals surface area (Å²) < 4.78 is 0. The van der Waals surface area contributed by atoms with Crippen molar-refractivity contribution in [1.29, 1.82) is 0 Å². The van der Waals surface area contributed by atoms with Gasteiger partial charge in [0.1, 0.15) is 0 Å². The Kier molecular flexibility index (Phi) is 67.7. The summed E-state index contributed by atoms with van der Waals surface area (Å²) in [5.41, 5.74) is 0. The molecule has 0 fully saturated rings. The zero-order valence-electron chi connectivity index (χ0n) is 3.49. The van der Waals surface area contributed by atoms with Crippen molar-refractivity contribution in [3.63, 3.8) is 0 Å². The third kappa shape index (κ3) is 30.9. The Morgan fingerprint density at radius 3 is 1.67 bits per heavy atom. The first-order chi connectivity index (χ1) is 2.41. The second-order valence-corrected chi connectivity index (χ2v) is 1.06. The van der Waals surface area contributed by atoms with Gasteiger partial charge in [0.2, 0.25) is 0 Å². The minimum Gasteiger partial charge on any atom is -0.713 e. The molecule has 0 heterocycles. The molecule has 36 valence electrons. The van der Waals surface area contributed by atoms with Crippen LogP contribution in [0, 0.1) is 37.8 Å². The maximum absolute atomic E-state index is 4.05. The van der Waals surface area contributed by atoms with Crippen LogP contribution in [0.1, 0.15) is 0 Å². The van der Waals surface area contributed by atoms with Crippen LogP contribution < -0.4 is 0 Å². The standard InChI is InChI=1S/C2H6P.IS.U/c1-3-2;1-2;/h3H,1H2,2H3;;/q2*-1;+2. The van der Waals surface area contributed by atoms with Gasteiger partial charge in [0.05, 0.1) is 0 Å². The van der Waals surface area contributed by atoms with Crippen molar-refractivity contribution in [3.05, 3.63) is 6.66 Å². The van der Waals surface area contributed by atoms with Crippen LogP contribution in [0.25, 0.3) is 0 Å². The average Bonchev–Trinajstić information content (AvgIpc) is 1.46. The molecule has 0 aromatic carbocycles. The van der Waals surface area contributed by atoms with E-state index >= 15 is 0 Å². The molecule has 0 nitrogen and oxygen atoms in total. The molecular weight excluding hydrogens is 452 g/mol. The van der Waals surface area contributed by atoms with E-state index in [9.17, 15) is 0 Å². The summed E-state index contributed by atoms with van der Waals surface area (Å²) in [6.45, 7) is 5.56. The number of halogens is 1. The van der Waals surface area contributed by atoms with E-state index in [0.29, 0.717) is 0 Å². The zero-order chi connectivity index (χ0) is 4.71. The van der Waals surface area contributed by atoms with Gasteiger partial charge >= 0.3 is 31.1 Å². The first-order valence-electron chi connectivity index (χ1n) is 1.01. The topological polar surface area (TPSA) is 0 Å². The second-order valence-electron chi connectivity index (χ2n) is 0.354. The Morgan fingerprint density at radius 2 is 1.67 bits per heavy atom. The van der Waals surface area contributed by atoms with Gasteiger partial charge in [-0.1, -0.05) is 6.66 Å². The van der Waals surface area contributed by atoms with Crippen molar-refractivity contribution in [2.24, 2.45) is 0 Å².